The van der Waals surface area contributed by atoms with E-state index in [-0.39, 0.29) is 12.1 Å². The van der Waals surface area contributed by atoms with E-state index in [0.717, 1.165) is 45.0 Å². The summed E-state index contributed by atoms with van der Waals surface area (Å²) in [5.41, 5.74) is -1.47. The predicted octanol–water partition coefficient (Wildman–Crippen LogP) is 0.670. The average Bonchev–Trinajstić information content (AvgIpc) is 2.58. The van der Waals surface area contributed by atoms with Crippen molar-refractivity contribution < 1.29 is 18.6 Å². The zero-order valence-electron chi connectivity index (χ0n) is 14.7. The number of aliphatic imine (C=N–C) groups is 1. The van der Waals surface area contributed by atoms with E-state index in [1.54, 1.807) is 7.05 Å². The minimum Gasteiger partial charge on any atom is -0.383 e. The summed E-state index contributed by atoms with van der Waals surface area (Å²) in [6.07, 6.45) is 0. The summed E-state index contributed by atoms with van der Waals surface area (Å²) < 4.78 is 32.2. The molecule has 0 amide bonds. The first-order chi connectivity index (χ1) is 11.9. The van der Waals surface area contributed by atoms with Gasteiger partial charge in [-0.05, 0) is 13.0 Å². The number of morpholine rings is 1. The molecule has 1 aliphatic rings. The lowest BCUT2D eigenvalue weighted by molar-refractivity contribution is 0.0388. The van der Waals surface area contributed by atoms with Gasteiger partial charge in [0, 0.05) is 44.9 Å². The second-order valence-corrected chi connectivity index (χ2v) is 6.20. The number of benzene rings is 1. The van der Waals surface area contributed by atoms with Crippen molar-refractivity contribution in [2.75, 3.05) is 53.0 Å². The maximum atomic E-state index is 13.9. The van der Waals surface area contributed by atoms with Crippen molar-refractivity contribution in [2.45, 2.75) is 12.5 Å². The molecule has 1 unspecified atom stereocenters. The topological polar surface area (TPSA) is 69.1 Å². The van der Waals surface area contributed by atoms with Gasteiger partial charge >= 0.3 is 0 Å². The molecule has 0 aliphatic carbocycles. The van der Waals surface area contributed by atoms with Gasteiger partial charge in [-0.25, -0.2) is 8.78 Å². The van der Waals surface area contributed by atoms with Crippen molar-refractivity contribution in [1.29, 1.82) is 0 Å². The molecule has 1 aromatic carbocycles. The molecule has 1 saturated heterocycles. The number of hydrogen-bond acceptors (Lipinski definition) is 4. The Hall–Kier alpha value is -1.77. The van der Waals surface area contributed by atoms with Crippen LogP contribution in [0.25, 0.3) is 0 Å². The molecule has 2 rings (SSSR count). The van der Waals surface area contributed by atoms with Crippen molar-refractivity contribution in [3.8, 4) is 0 Å². The average molecular weight is 356 g/mol. The van der Waals surface area contributed by atoms with E-state index in [1.165, 1.54) is 13.0 Å². The fourth-order valence-corrected chi connectivity index (χ4v) is 2.66. The van der Waals surface area contributed by atoms with Gasteiger partial charge in [-0.3, -0.25) is 9.89 Å². The molecule has 1 fully saturated rings. The predicted molar refractivity (Wildman–Crippen MR) is 92.6 cm³/mol. The Morgan fingerprint density at radius 1 is 1.32 bits per heavy atom. The zero-order chi connectivity index (χ0) is 18.3. The Kier molecular flexibility index (Phi) is 7.10. The Labute approximate surface area is 146 Å². The molecule has 1 aromatic rings. The van der Waals surface area contributed by atoms with Gasteiger partial charge < -0.3 is 20.5 Å². The van der Waals surface area contributed by atoms with Crippen LogP contribution >= 0.6 is 0 Å². The molecule has 0 bridgehead atoms. The van der Waals surface area contributed by atoms with Crippen LogP contribution < -0.4 is 10.6 Å². The Morgan fingerprint density at radius 3 is 2.68 bits per heavy atom. The molecular weight excluding hydrogens is 330 g/mol. The molecular formula is C17H26F2N4O2. The highest BCUT2D eigenvalue weighted by Gasteiger charge is 2.27. The molecule has 0 radical (unpaired) electrons. The number of nitrogens with zero attached hydrogens (tertiary/aromatic N) is 2. The van der Waals surface area contributed by atoms with E-state index >= 15 is 0 Å². The van der Waals surface area contributed by atoms with E-state index in [9.17, 15) is 13.9 Å². The number of rotatable bonds is 6. The minimum atomic E-state index is -1.50. The molecule has 8 heteroatoms. The quantitative estimate of drug-likeness (QED) is 0.516. The molecule has 1 atom stereocenters. The molecule has 1 heterocycles. The maximum Gasteiger partial charge on any atom is 0.191 e. The molecule has 25 heavy (non-hydrogen) atoms. The monoisotopic (exact) mass is 356 g/mol. The molecule has 1 aliphatic heterocycles. The van der Waals surface area contributed by atoms with Gasteiger partial charge in [0.15, 0.2) is 5.96 Å². The molecule has 0 aromatic heterocycles. The molecule has 6 nitrogen and oxygen atoms in total. The van der Waals surface area contributed by atoms with Crippen molar-refractivity contribution >= 4 is 5.96 Å². The van der Waals surface area contributed by atoms with Gasteiger partial charge in [-0.2, -0.15) is 0 Å². The van der Waals surface area contributed by atoms with Crippen LogP contribution in [0.4, 0.5) is 8.78 Å². The van der Waals surface area contributed by atoms with Crippen LogP contribution in [0.5, 0.6) is 0 Å². The van der Waals surface area contributed by atoms with Crippen LogP contribution in [0.1, 0.15) is 12.5 Å². The number of guanidine groups is 1. The van der Waals surface area contributed by atoms with E-state index in [0.29, 0.717) is 12.5 Å². The molecule has 3 N–H and O–H groups in total. The summed E-state index contributed by atoms with van der Waals surface area (Å²) in [6, 6.07) is 3.14. The molecule has 0 saturated carbocycles. The highest BCUT2D eigenvalue weighted by atomic mass is 19.1. The van der Waals surface area contributed by atoms with Gasteiger partial charge in [0.25, 0.3) is 0 Å². The van der Waals surface area contributed by atoms with Gasteiger partial charge in [0.05, 0.1) is 19.8 Å². The van der Waals surface area contributed by atoms with Crippen molar-refractivity contribution in [3.63, 3.8) is 0 Å². The van der Waals surface area contributed by atoms with Crippen molar-refractivity contribution in [3.05, 3.63) is 35.4 Å². The summed E-state index contributed by atoms with van der Waals surface area (Å²) in [5.74, 6) is -0.941. The maximum absolute atomic E-state index is 13.9. The van der Waals surface area contributed by atoms with Gasteiger partial charge in [0.1, 0.15) is 17.2 Å². The lowest BCUT2D eigenvalue weighted by atomic mass is 9.95. The third-order valence-electron chi connectivity index (χ3n) is 4.16. The smallest absolute Gasteiger partial charge is 0.191 e. The standard InChI is InChI=1S/C17H26F2N4O2/c1-17(24,14-4-3-13(18)11-15(14)19)12-22-16(20-2)21-5-6-23-7-9-25-10-8-23/h3-4,11,24H,5-10,12H2,1-2H3,(H2,20,21,22). The first-order valence-electron chi connectivity index (χ1n) is 8.35. The van der Waals surface area contributed by atoms with E-state index in [2.05, 4.69) is 20.5 Å². The van der Waals surface area contributed by atoms with Crippen molar-refractivity contribution in [2.24, 2.45) is 4.99 Å². The third kappa shape index (κ3) is 5.91. The SMILES string of the molecule is CN=C(NCCN1CCOCC1)NCC(C)(O)c1ccc(F)cc1F. The van der Waals surface area contributed by atoms with Gasteiger partial charge in [-0.1, -0.05) is 6.07 Å². The third-order valence-corrected chi connectivity index (χ3v) is 4.16. The van der Waals surface area contributed by atoms with Gasteiger partial charge in [-0.15, -0.1) is 0 Å². The molecule has 140 valence electrons. The summed E-state index contributed by atoms with van der Waals surface area (Å²) in [6.45, 7) is 6.36. The normalized spacial score (nSPS) is 18.7. The summed E-state index contributed by atoms with van der Waals surface area (Å²) >= 11 is 0. The number of nitrogens with one attached hydrogen (secondary N) is 2. The van der Waals surface area contributed by atoms with E-state index in [4.69, 9.17) is 4.74 Å². The molecule has 0 spiro atoms. The van der Waals surface area contributed by atoms with Crippen LogP contribution in [-0.4, -0.2) is 69.0 Å². The van der Waals surface area contributed by atoms with Crippen LogP contribution in [0, 0.1) is 11.6 Å². The number of halogens is 2. The van der Waals surface area contributed by atoms with Crippen LogP contribution in [0.15, 0.2) is 23.2 Å². The highest BCUT2D eigenvalue weighted by Crippen LogP contribution is 2.23. The Morgan fingerprint density at radius 2 is 2.04 bits per heavy atom. The number of hydrogen-bond donors (Lipinski definition) is 3. The van der Waals surface area contributed by atoms with Crippen LogP contribution in [0.3, 0.4) is 0 Å². The van der Waals surface area contributed by atoms with E-state index < -0.39 is 17.2 Å². The lowest BCUT2D eigenvalue weighted by Crippen LogP contribution is -2.47. The first-order valence-corrected chi connectivity index (χ1v) is 8.35. The second kappa shape index (κ2) is 9.07. The highest BCUT2D eigenvalue weighted by molar-refractivity contribution is 5.79. The Bertz CT molecular complexity index is 590. The van der Waals surface area contributed by atoms with E-state index in [1.807, 2.05) is 0 Å². The van der Waals surface area contributed by atoms with Crippen molar-refractivity contribution in [1.82, 2.24) is 15.5 Å². The van der Waals surface area contributed by atoms with Crippen LogP contribution in [0.2, 0.25) is 0 Å². The fourth-order valence-electron chi connectivity index (χ4n) is 2.66. The zero-order valence-corrected chi connectivity index (χ0v) is 14.7. The summed E-state index contributed by atoms with van der Waals surface area (Å²) in [4.78, 5) is 6.38. The minimum absolute atomic E-state index is 0.0326. The fraction of sp³-hybridized carbons (Fsp3) is 0.588. The van der Waals surface area contributed by atoms with Crippen LogP contribution in [-0.2, 0) is 10.3 Å². The first kappa shape index (κ1) is 19.6. The number of ether oxygens (including phenoxy) is 1. The number of aliphatic hydroxyl groups is 1. The Balaban J connectivity index is 1.82. The summed E-state index contributed by atoms with van der Waals surface area (Å²) in [7, 11) is 1.62. The summed E-state index contributed by atoms with van der Waals surface area (Å²) in [5, 5.41) is 16.6. The second-order valence-electron chi connectivity index (χ2n) is 6.20. The van der Waals surface area contributed by atoms with Gasteiger partial charge in [0.2, 0.25) is 0 Å². The largest absolute Gasteiger partial charge is 0.383 e. The lowest BCUT2D eigenvalue weighted by Gasteiger charge is -2.28.